The van der Waals surface area contributed by atoms with Crippen molar-refractivity contribution in [1.29, 1.82) is 0 Å². The number of carbonyl (C=O) groups is 1. The van der Waals surface area contributed by atoms with Crippen molar-refractivity contribution in [3.63, 3.8) is 0 Å². The van der Waals surface area contributed by atoms with Crippen molar-refractivity contribution in [2.24, 2.45) is 5.16 Å². The molecular formula is C21H39NO2. The Morgan fingerprint density at radius 1 is 0.792 bits per heavy atom. The first-order valence-corrected chi connectivity index (χ1v) is 10.1. The number of nitrogens with zero attached hydrogens (tertiary/aromatic N) is 1. The van der Waals surface area contributed by atoms with Crippen LogP contribution in [-0.2, 0) is 4.79 Å². The number of carbonyl (C=O) groups excluding carboxylic acids is 1. The molecule has 0 atom stereocenters. The average Bonchev–Trinajstić information content (AvgIpc) is 2.59. The van der Waals surface area contributed by atoms with Gasteiger partial charge in [-0.2, -0.15) is 0 Å². The van der Waals surface area contributed by atoms with E-state index < -0.39 is 0 Å². The maximum absolute atomic E-state index is 11.6. The number of hydrogen-bond donors (Lipinski definition) is 1. The molecule has 0 bridgehead atoms. The standard InChI is InChI=1S/C21H39NO2/c1-3-5-6-7-8-9-10-11-12-13-14-15-16-17-18-19-21(23)20(4-2)22-24/h11-12,24H,3-10,13-19H2,1-2H3. The molecule has 1 N–H and O–H groups in total. The lowest BCUT2D eigenvalue weighted by atomic mass is 10.0. The minimum absolute atomic E-state index is 0.00220. The zero-order valence-corrected chi connectivity index (χ0v) is 16.1. The first-order valence-electron chi connectivity index (χ1n) is 10.1. The van der Waals surface area contributed by atoms with Gasteiger partial charge < -0.3 is 5.21 Å². The molecule has 0 unspecified atom stereocenters. The van der Waals surface area contributed by atoms with E-state index in [0.717, 1.165) is 12.8 Å². The Morgan fingerprint density at radius 3 is 1.79 bits per heavy atom. The second-order valence-electron chi connectivity index (χ2n) is 6.66. The normalized spacial score (nSPS) is 12.2. The highest BCUT2D eigenvalue weighted by atomic mass is 16.4. The van der Waals surface area contributed by atoms with Gasteiger partial charge in [-0.15, -0.1) is 0 Å². The molecule has 3 nitrogen and oxygen atoms in total. The summed E-state index contributed by atoms with van der Waals surface area (Å²) < 4.78 is 0. The first-order chi connectivity index (χ1) is 11.8. The van der Waals surface area contributed by atoms with Gasteiger partial charge in [0.05, 0.1) is 0 Å². The second-order valence-corrected chi connectivity index (χ2v) is 6.66. The number of oxime groups is 1. The maximum Gasteiger partial charge on any atom is 0.180 e. The van der Waals surface area contributed by atoms with Gasteiger partial charge in [0.1, 0.15) is 5.71 Å². The summed E-state index contributed by atoms with van der Waals surface area (Å²) in [5.41, 5.74) is 0.311. The number of Topliss-reactive ketones (excluding diaryl/α,β-unsaturated/α-hetero) is 1. The largest absolute Gasteiger partial charge is 0.411 e. The Hall–Kier alpha value is -1.12. The Kier molecular flexibility index (Phi) is 17.4. The van der Waals surface area contributed by atoms with Crippen LogP contribution in [0, 0.1) is 0 Å². The van der Waals surface area contributed by atoms with E-state index in [0.29, 0.717) is 18.6 Å². The summed E-state index contributed by atoms with van der Waals surface area (Å²) in [5, 5.41) is 11.7. The highest BCUT2D eigenvalue weighted by molar-refractivity contribution is 6.39. The Balaban J connectivity index is 3.30. The summed E-state index contributed by atoms with van der Waals surface area (Å²) >= 11 is 0. The minimum atomic E-state index is -0.00220. The first kappa shape index (κ1) is 22.9. The van der Waals surface area contributed by atoms with Gasteiger partial charge in [-0.1, -0.05) is 82.5 Å². The zero-order chi connectivity index (χ0) is 17.9. The van der Waals surface area contributed by atoms with Crippen molar-refractivity contribution >= 4 is 11.5 Å². The molecule has 0 aliphatic carbocycles. The van der Waals surface area contributed by atoms with Gasteiger partial charge in [0, 0.05) is 6.42 Å². The Bertz CT molecular complexity index is 348. The highest BCUT2D eigenvalue weighted by Gasteiger charge is 2.08. The number of ketones is 1. The Morgan fingerprint density at radius 2 is 1.29 bits per heavy atom. The molecule has 0 spiro atoms. The van der Waals surface area contributed by atoms with E-state index in [1.807, 2.05) is 6.92 Å². The number of allylic oxidation sites excluding steroid dienone is 2. The van der Waals surface area contributed by atoms with Crippen molar-refractivity contribution in [2.75, 3.05) is 0 Å². The topological polar surface area (TPSA) is 49.7 Å². The summed E-state index contributed by atoms with van der Waals surface area (Å²) in [4.78, 5) is 11.6. The molecule has 0 amide bonds. The molecule has 0 fully saturated rings. The quantitative estimate of drug-likeness (QED) is 0.104. The van der Waals surface area contributed by atoms with E-state index in [1.165, 1.54) is 70.6 Å². The van der Waals surface area contributed by atoms with Gasteiger partial charge in [-0.3, -0.25) is 4.79 Å². The highest BCUT2D eigenvalue weighted by Crippen LogP contribution is 2.10. The van der Waals surface area contributed by atoms with Crippen molar-refractivity contribution in [1.82, 2.24) is 0 Å². The van der Waals surface area contributed by atoms with E-state index in [9.17, 15) is 4.79 Å². The van der Waals surface area contributed by atoms with E-state index in [2.05, 4.69) is 24.2 Å². The number of rotatable bonds is 17. The number of unbranched alkanes of at least 4 members (excludes halogenated alkanes) is 11. The molecule has 3 heteroatoms. The molecule has 0 aliphatic heterocycles. The monoisotopic (exact) mass is 337 g/mol. The predicted octanol–water partition coefficient (Wildman–Crippen LogP) is 6.83. The molecule has 0 aromatic rings. The summed E-state index contributed by atoms with van der Waals surface area (Å²) in [6, 6.07) is 0. The summed E-state index contributed by atoms with van der Waals surface area (Å²) in [7, 11) is 0. The van der Waals surface area contributed by atoms with E-state index in [1.54, 1.807) is 0 Å². The van der Waals surface area contributed by atoms with Gasteiger partial charge in [-0.05, 0) is 38.5 Å². The van der Waals surface area contributed by atoms with Crippen molar-refractivity contribution in [2.45, 2.75) is 110 Å². The predicted molar refractivity (Wildman–Crippen MR) is 104 cm³/mol. The molecule has 0 radical (unpaired) electrons. The lowest BCUT2D eigenvalue weighted by Gasteiger charge is -2.01. The van der Waals surface area contributed by atoms with Gasteiger partial charge in [-0.25, -0.2) is 0 Å². The SMILES string of the molecule is CCCCCCCCC=CCCCCCCCC(=O)C(CC)=NO. The van der Waals surface area contributed by atoms with Crippen LogP contribution in [-0.4, -0.2) is 16.7 Å². The minimum Gasteiger partial charge on any atom is -0.411 e. The Labute approximate surface area is 149 Å². The molecule has 24 heavy (non-hydrogen) atoms. The van der Waals surface area contributed by atoms with Gasteiger partial charge >= 0.3 is 0 Å². The van der Waals surface area contributed by atoms with Gasteiger partial charge in [0.15, 0.2) is 5.78 Å². The van der Waals surface area contributed by atoms with Crippen LogP contribution in [0.5, 0.6) is 0 Å². The molecule has 0 saturated carbocycles. The summed E-state index contributed by atoms with van der Waals surface area (Å²) in [6.07, 6.45) is 22.0. The molecule has 0 rings (SSSR count). The zero-order valence-electron chi connectivity index (χ0n) is 16.1. The van der Waals surface area contributed by atoms with Gasteiger partial charge in [0.2, 0.25) is 0 Å². The number of hydrogen-bond acceptors (Lipinski definition) is 3. The van der Waals surface area contributed by atoms with Crippen LogP contribution in [0.25, 0.3) is 0 Å². The third-order valence-corrected chi connectivity index (χ3v) is 4.44. The summed E-state index contributed by atoms with van der Waals surface area (Å²) in [5.74, 6) is -0.00220. The molecule has 0 aromatic heterocycles. The fourth-order valence-corrected chi connectivity index (χ4v) is 2.82. The third-order valence-electron chi connectivity index (χ3n) is 4.44. The smallest absolute Gasteiger partial charge is 0.180 e. The second kappa shape index (κ2) is 18.2. The lowest BCUT2D eigenvalue weighted by Crippen LogP contribution is -2.12. The molecule has 0 aliphatic rings. The van der Waals surface area contributed by atoms with E-state index in [4.69, 9.17) is 5.21 Å². The molecule has 0 aromatic carbocycles. The van der Waals surface area contributed by atoms with Crippen molar-refractivity contribution < 1.29 is 10.0 Å². The third kappa shape index (κ3) is 14.5. The lowest BCUT2D eigenvalue weighted by molar-refractivity contribution is -0.113. The van der Waals surface area contributed by atoms with Crippen molar-refractivity contribution in [3.05, 3.63) is 12.2 Å². The average molecular weight is 338 g/mol. The molecule has 0 saturated heterocycles. The van der Waals surface area contributed by atoms with Crippen LogP contribution in [0.4, 0.5) is 0 Å². The van der Waals surface area contributed by atoms with E-state index >= 15 is 0 Å². The molecule has 0 heterocycles. The van der Waals surface area contributed by atoms with Crippen LogP contribution >= 0.6 is 0 Å². The fraction of sp³-hybridized carbons (Fsp3) is 0.810. The van der Waals surface area contributed by atoms with Crippen LogP contribution in [0.3, 0.4) is 0 Å². The maximum atomic E-state index is 11.6. The fourth-order valence-electron chi connectivity index (χ4n) is 2.82. The van der Waals surface area contributed by atoms with Crippen molar-refractivity contribution in [3.8, 4) is 0 Å². The van der Waals surface area contributed by atoms with Gasteiger partial charge in [0.25, 0.3) is 0 Å². The summed E-state index contributed by atoms with van der Waals surface area (Å²) in [6.45, 7) is 4.10. The van der Waals surface area contributed by atoms with Crippen LogP contribution in [0.1, 0.15) is 110 Å². The van der Waals surface area contributed by atoms with Crippen LogP contribution in [0.15, 0.2) is 17.3 Å². The molecular weight excluding hydrogens is 298 g/mol. The molecule has 140 valence electrons. The van der Waals surface area contributed by atoms with Crippen LogP contribution in [0.2, 0.25) is 0 Å². The van der Waals surface area contributed by atoms with E-state index in [-0.39, 0.29) is 5.78 Å². The van der Waals surface area contributed by atoms with Crippen LogP contribution < -0.4 is 0 Å².